The summed E-state index contributed by atoms with van der Waals surface area (Å²) >= 11 is 2.14. The van der Waals surface area contributed by atoms with E-state index in [1.807, 2.05) is 6.92 Å². The molecule has 8 heavy (non-hydrogen) atoms. The lowest BCUT2D eigenvalue weighted by molar-refractivity contribution is 0.215. The molecule has 0 aromatic carbocycles. The fraction of sp³-hybridized carbons (Fsp3) is 1.00. The lowest BCUT2D eigenvalue weighted by atomic mass is 10.1. The average molecular weight is 230 g/mol. The maximum atomic E-state index is 12.8. The van der Waals surface area contributed by atoms with Crippen molar-refractivity contribution in [2.24, 2.45) is 0 Å². The predicted molar refractivity (Wildman–Crippen MR) is 43.3 cm³/mol. The highest BCUT2D eigenvalue weighted by Gasteiger charge is 2.23. The van der Waals surface area contributed by atoms with Crippen LogP contribution in [0.15, 0.2) is 0 Å². The first kappa shape index (κ1) is 8.66. The summed E-state index contributed by atoms with van der Waals surface area (Å²) in [4.78, 5) is 0. The Kier molecular flexibility index (Phi) is 3.24. The third-order valence-electron chi connectivity index (χ3n) is 1.10. The first-order valence-corrected chi connectivity index (χ1v) is 4.06. The van der Waals surface area contributed by atoms with Crippen molar-refractivity contribution in [3.8, 4) is 0 Å². The summed E-state index contributed by atoms with van der Waals surface area (Å²) < 4.78 is 12.9. The molecule has 0 aliphatic carbocycles. The molecule has 0 saturated carbocycles. The molecule has 0 rings (SSSR count). The SMILES string of the molecule is CCC(I)C(C)(C)F. The average Bonchev–Trinajstić information content (AvgIpc) is 1.62. The molecule has 1 unspecified atom stereocenters. The summed E-state index contributed by atoms with van der Waals surface area (Å²) in [5.41, 5.74) is -1.00. The van der Waals surface area contributed by atoms with Gasteiger partial charge in [-0.05, 0) is 20.3 Å². The van der Waals surface area contributed by atoms with Gasteiger partial charge in [0.05, 0.1) is 0 Å². The van der Waals surface area contributed by atoms with Crippen LogP contribution in [0.25, 0.3) is 0 Å². The molecule has 0 bridgehead atoms. The van der Waals surface area contributed by atoms with Gasteiger partial charge < -0.3 is 0 Å². The minimum atomic E-state index is -1.00. The summed E-state index contributed by atoms with van der Waals surface area (Å²) in [6, 6.07) is 0. The Hall–Kier alpha value is 0.660. The molecular formula is C6H12FI. The molecule has 0 saturated heterocycles. The number of alkyl halides is 2. The van der Waals surface area contributed by atoms with E-state index < -0.39 is 5.67 Å². The van der Waals surface area contributed by atoms with Gasteiger partial charge in [-0.1, -0.05) is 29.5 Å². The van der Waals surface area contributed by atoms with Crippen molar-refractivity contribution in [1.82, 2.24) is 0 Å². The molecule has 0 aliphatic heterocycles. The predicted octanol–water partition coefficient (Wildman–Crippen LogP) is 2.95. The van der Waals surface area contributed by atoms with E-state index in [9.17, 15) is 4.39 Å². The van der Waals surface area contributed by atoms with Gasteiger partial charge in [-0.25, -0.2) is 4.39 Å². The van der Waals surface area contributed by atoms with E-state index in [2.05, 4.69) is 22.6 Å². The molecule has 0 spiro atoms. The van der Waals surface area contributed by atoms with Crippen molar-refractivity contribution in [1.29, 1.82) is 0 Å². The van der Waals surface area contributed by atoms with Crippen molar-refractivity contribution in [2.75, 3.05) is 0 Å². The topological polar surface area (TPSA) is 0 Å². The quantitative estimate of drug-likeness (QED) is 0.505. The van der Waals surface area contributed by atoms with Crippen molar-refractivity contribution >= 4 is 22.6 Å². The zero-order chi connectivity index (χ0) is 6.78. The number of hydrogen-bond donors (Lipinski definition) is 0. The Morgan fingerprint density at radius 3 is 2.00 bits per heavy atom. The third kappa shape index (κ3) is 2.84. The Morgan fingerprint density at radius 1 is 1.62 bits per heavy atom. The Labute approximate surface area is 64.0 Å². The molecule has 2 heteroatoms. The molecule has 0 fully saturated rings. The van der Waals surface area contributed by atoms with Crippen molar-refractivity contribution in [3.63, 3.8) is 0 Å². The van der Waals surface area contributed by atoms with Gasteiger partial charge in [0.2, 0.25) is 0 Å². The highest BCUT2D eigenvalue weighted by Crippen LogP contribution is 2.24. The van der Waals surface area contributed by atoms with Gasteiger partial charge in [-0.2, -0.15) is 0 Å². The second-order valence-electron chi connectivity index (χ2n) is 2.44. The fourth-order valence-corrected chi connectivity index (χ4v) is 0.485. The van der Waals surface area contributed by atoms with Crippen molar-refractivity contribution < 1.29 is 4.39 Å². The normalized spacial score (nSPS) is 16.1. The molecule has 0 N–H and O–H groups in total. The fourth-order valence-electron chi connectivity index (χ4n) is 0.485. The number of halogens is 2. The van der Waals surface area contributed by atoms with E-state index in [0.717, 1.165) is 6.42 Å². The third-order valence-corrected chi connectivity index (χ3v) is 3.47. The lowest BCUT2D eigenvalue weighted by Crippen LogP contribution is -2.24. The van der Waals surface area contributed by atoms with Crippen LogP contribution in [-0.2, 0) is 0 Å². The molecular weight excluding hydrogens is 218 g/mol. The van der Waals surface area contributed by atoms with E-state index in [-0.39, 0.29) is 3.92 Å². The zero-order valence-corrected chi connectivity index (χ0v) is 7.70. The second kappa shape index (κ2) is 2.99. The van der Waals surface area contributed by atoms with Gasteiger partial charge in [-0.15, -0.1) is 0 Å². The molecule has 0 amide bonds. The molecule has 0 nitrogen and oxygen atoms in total. The molecule has 0 heterocycles. The summed E-state index contributed by atoms with van der Waals surface area (Å²) in [5.74, 6) is 0. The smallest absolute Gasteiger partial charge is 0.117 e. The standard InChI is InChI=1S/C6H12FI/c1-4-5(8)6(2,3)7/h5H,4H2,1-3H3. The number of rotatable bonds is 2. The Balaban J connectivity index is 3.62. The summed E-state index contributed by atoms with van der Waals surface area (Å²) in [6.07, 6.45) is 0.907. The minimum Gasteiger partial charge on any atom is -0.243 e. The van der Waals surface area contributed by atoms with E-state index in [4.69, 9.17) is 0 Å². The largest absolute Gasteiger partial charge is 0.243 e. The first-order chi connectivity index (χ1) is 3.48. The molecule has 1 atom stereocenters. The Morgan fingerprint density at radius 2 is 2.00 bits per heavy atom. The minimum absolute atomic E-state index is 0.153. The molecule has 0 aromatic rings. The van der Waals surface area contributed by atoms with Gasteiger partial charge in [0.25, 0.3) is 0 Å². The Bertz CT molecular complexity index is 65.4. The zero-order valence-electron chi connectivity index (χ0n) is 5.54. The van der Waals surface area contributed by atoms with E-state index in [1.54, 1.807) is 13.8 Å². The maximum Gasteiger partial charge on any atom is 0.117 e. The van der Waals surface area contributed by atoms with Crippen LogP contribution in [0.4, 0.5) is 4.39 Å². The number of hydrogen-bond acceptors (Lipinski definition) is 0. The summed E-state index contributed by atoms with van der Waals surface area (Å²) in [5, 5.41) is 0. The van der Waals surface area contributed by atoms with Gasteiger partial charge in [0.1, 0.15) is 5.67 Å². The molecule has 0 aromatic heterocycles. The lowest BCUT2D eigenvalue weighted by Gasteiger charge is -2.19. The van der Waals surface area contributed by atoms with Crippen LogP contribution in [-0.4, -0.2) is 9.59 Å². The van der Waals surface area contributed by atoms with Crippen LogP contribution in [0.3, 0.4) is 0 Å². The van der Waals surface area contributed by atoms with Crippen LogP contribution in [0.5, 0.6) is 0 Å². The van der Waals surface area contributed by atoms with Gasteiger partial charge in [0, 0.05) is 3.92 Å². The second-order valence-corrected chi connectivity index (χ2v) is 3.94. The van der Waals surface area contributed by atoms with Crippen molar-refractivity contribution in [3.05, 3.63) is 0 Å². The van der Waals surface area contributed by atoms with Crippen LogP contribution in [0.2, 0.25) is 0 Å². The molecule has 50 valence electrons. The molecule has 0 radical (unpaired) electrons. The van der Waals surface area contributed by atoms with Crippen LogP contribution in [0, 0.1) is 0 Å². The van der Waals surface area contributed by atoms with Gasteiger partial charge in [0.15, 0.2) is 0 Å². The highest BCUT2D eigenvalue weighted by atomic mass is 127. The summed E-state index contributed by atoms with van der Waals surface area (Å²) in [7, 11) is 0. The van der Waals surface area contributed by atoms with Crippen LogP contribution >= 0.6 is 22.6 Å². The van der Waals surface area contributed by atoms with Crippen LogP contribution in [0.1, 0.15) is 27.2 Å². The first-order valence-electron chi connectivity index (χ1n) is 2.81. The maximum absolute atomic E-state index is 12.8. The van der Waals surface area contributed by atoms with E-state index >= 15 is 0 Å². The van der Waals surface area contributed by atoms with Gasteiger partial charge in [-0.3, -0.25) is 0 Å². The van der Waals surface area contributed by atoms with E-state index in [1.165, 1.54) is 0 Å². The van der Waals surface area contributed by atoms with Crippen LogP contribution < -0.4 is 0 Å². The van der Waals surface area contributed by atoms with Crippen molar-refractivity contribution in [2.45, 2.75) is 36.8 Å². The van der Waals surface area contributed by atoms with E-state index in [0.29, 0.717) is 0 Å². The monoisotopic (exact) mass is 230 g/mol. The van der Waals surface area contributed by atoms with Gasteiger partial charge >= 0.3 is 0 Å². The molecule has 0 aliphatic rings. The highest BCUT2D eigenvalue weighted by molar-refractivity contribution is 14.1. The summed E-state index contributed by atoms with van der Waals surface area (Å²) in [6.45, 7) is 5.24.